The molecule has 2 amide bonds. The van der Waals surface area contributed by atoms with E-state index in [4.69, 9.17) is 11.6 Å². The molecule has 0 aliphatic carbocycles. The Morgan fingerprint density at radius 2 is 1.89 bits per heavy atom. The minimum atomic E-state index is -0.715. The van der Waals surface area contributed by atoms with E-state index in [2.05, 4.69) is 15.6 Å². The van der Waals surface area contributed by atoms with Crippen molar-refractivity contribution in [2.75, 3.05) is 11.9 Å². The molecule has 6 nitrogen and oxygen atoms in total. The highest BCUT2D eigenvalue weighted by Gasteiger charge is 2.13. The van der Waals surface area contributed by atoms with Crippen molar-refractivity contribution < 1.29 is 9.59 Å². The van der Waals surface area contributed by atoms with E-state index in [1.54, 1.807) is 24.4 Å². The average molecular weight is 397 g/mol. The van der Waals surface area contributed by atoms with E-state index >= 15 is 0 Å². The molecule has 1 heterocycles. The van der Waals surface area contributed by atoms with Crippen molar-refractivity contribution >= 4 is 29.1 Å². The molecule has 0 atom stereocenters. The van der Waals surface area contributed by atoms with Gasteiger partial charge in [0.2, 0.25) is 0 Å². The molecule has 7 heteroatoms. The molecule has 0 bridgehead atoms. The molecule has 28 heavy (non-hydrogen) atoms. The van der Waals surface area contributed by atoms with E-state index in [-0.39, 0.29) is 0 Å². The Labute approximate surface area is 168 Å². The predicted octanol–water partition coefficient (Wildman–Crippen LogP) is 3.66. The highest BCUT2D eigenvalue weighted by atomic mass is 35.5. The van der Waals surface area contributed by atoms with Crippen LogP contribution in [0.3, 0.4) is 0 Å². The van der Waals surface area contributed by atoms with Gasteiger partial charge in [0, 0.05) is 41.8 Å². The summed E-state index contributed by atoms with van der Waals surface area (Å²) in [5.41, 5.74) is 2.42. The van der Waals surface area contributed by atoms with E-state index in [1.165, 1.54) is 0 Å². The van der Waals surface area contributed by atoms with Gasteiger partial charge in [-0.05, 0) is 31.0 Å². The summed E-state index contributed by atoms with van der Waals surface area (Å²) in [4.78, 5) is 28.4. The third kappa shape index (κ3) is 4.98. The van der Waals surface area contributed by atoms with Crippen LogP contribution in [0.1, 0.15) is 12.0 Å². The molecule has 0 fully saturated rings. The van der Waals surface area contributed by atoms with Gasteiger partial charge in [-0.25, -0.2) is 4.98 Å². The van der Waals surface area contributed by atoms with Crippen LogP contribution in [-0.4, -0.2) is 27.9 Å². The molecule has 0 saturated heterocycles. The van der Waals surface area contributed by atoms with Gasteiger partial charge in [0.25, 0.3) is 0 Å². The monoisotopic (exact) mass is 396 g/mol. The Kier molecular flexibility index (Phi) is 6.45. The lowest BCUT2D eigenvalue weighted by atomic mass is 10.2. The number of halogens is 1. The predicted molar refractivity (Wildman–Crippen MR) is 110 cm³/mol. The second-order valence-corrected chi connectivity index (χ2v) is 6.75. The van der Waals surface area contributed by atoms with Crippen molar-refractivity contribution in [2.45, 2.75) is 19.9 Å². The largest absolute Gasteiger partial charge is 0.348 e. The molecule has 0 saturated carbocycles. The number of nitrogens with one attached hydrogen (secondary N) is 2. The molecule has 3 aromatic rings. The Hall–Kier alpha value is -3.12. The summed E-state index contributed by atoms with van der Waals surface area (Å²) >= 11 is 6.03. The summed E-state index contributed by atoms with van der Waals surface area (Å²) < 4.78 is 2.02. The van der Waals surface area contributed by atoms with Crippen LogP contribution in [0.2, 0.25) is 5.02 Å². The molecular weight excluding hydrogens is 376 g/mol. The first kappa shape index (κ1) is 19.6. The van der Waals surface area contributed by atoms with Crippen molar-refractivity contribution in [3.05, 3.63) is 71.5 Å². The van der Waals surface area contributed by atoms with Gasteiger partial charge in [0.05, 0.1) is 0 Å². The second-order valence-electron chi connectivity index (χ2n) is 6.34. The Bertz CT molecular complexity index is 970. The molecule has 0 aliphatic rings. The lowest BCUT2D eigenvalue weighted by Crippen LogP contribution is -2.36. The van der Waals surface area contributed by atoms with Gasteiger partial charge in [0.15, 0.2) is 0 Å². The van der Waals surface area contributed by atoms with E-state index in [0.717, 1.165) is 17.0 Å². The molecular formula is C21H21ClN4O2. The van der Waals surface area contributed by atoms with Gasteiger partial charge < -0.3 is 15.2 Å². The number of amides is 2. The van der Waals surface area contributed by atoms with Crippen LogP contribution in [-0.2, 0) is 16.1 Å². The maximum Gasteiger partial charge on any atom is 0.313 e. The number of nitrogens with zero attached hydrogens (tertiary/aromatic N) is 2. The SMILES string of the molecule is Cc1ccc(NC(=O)C(=O)NCCCn2ccnc2-c2ccccc2)cc1Cl. The normalized spacial score (nSPS) is 10.5. The number of carbonyl (C=O) groups is 2. The highest BCUT2D eigenvalue weighted by molar-refractivity contribution is 6.39. The lowest BCUT2D eigenvalue weighted by molar-refractivity contribution is -0.136. The first-order valence-corrected chi connectivity index (χ1v) is 9.34. The standard InChI is InChI=1S/C21H21ClN4O2/c1-15-8-9-17(14-18(15)22)25-21(28)20(27)24-10-5-12-26-13-11-23-19(26)16-6-3-2-4-7-16/h2-4,6-9,11,13-14H,5,10,12H2,1H3,(H,24,27)(H,25,28). The number of hydrogen-bond acceptors (Lipinski definition) is 3. The van der Waals surface area contributed by atoms with E-state index in [0.29, 0.717) is 30.2 Å². The van der Waals surface area contributed by atoms with Crippen LogP contribution >= 0.6 is 11.6 Å². The van der Waals surface area contributed by atoms with Gasteiger partial charge in [-0.1, -0.05) is 48.0 Å². The molecule has 0 radical (unpaired) electrons. The lowest BCUT2D eigenvalue weighted by Gasteiger charge is -2.09. The van der Waals surface area contributed by atoms with Gasteiger partial charge >= 0.3 is 11.8 Å². The van der Waals surface area contributed by atoms with Crippen molar-refractivity contribution in [3.63, 3.8) is 0 Å². The summed E-state index contributed by atoms with van der Waals surface area (Å²) in [6.07, 6.45) is 4.32. The van der Waals surface area contributed by atoms with Gasteiger partial charge in [-0.15, -0.1) is 0 Å². The smallest absolute Gasteiger partial charge is 0.313 e. The van der Waals surface area contributed by atoms with E-state index in [9.17, 15) is 9.59 Å². The zero-order valence-electron chi connectivity index (χ0n) is 15.5. The summed E-state index contributed by atoms with van der Waals surface area (Å²) in [5, 5.41) is 5.71. The van der Waals surface area contributed by atoms with E-state index in [1.807, 2.05) is 48.0 Å². The number of carbonyl (C=O) groups excluding carboxylic acids is 2. The van der Waals surface area contributed by atoms with Crippen molar-refractivity contribution in [2.24, 2.45) is 0 Å². The summed E-state index contributed by atoms with van der Waals surface area (Å²) in [5.74, 6) is -0.515. The molecule has 2 aromatic carbocycles. The van der Waals surface area contributed by atoms with Crippen LogP contribution in [0.4, 0.5) is 5.69 Å². The summed E-state index contributed by atoms with van der Waals surface area (Å²) in [7, 11) is 0. The topological polar surface area (TPSA) is 76.0 Å². The fourth-order valence-electron chi connectivity index (χ4n) is 2.73. The number of rotatable bonds is 6. The number of anilines is 1. The van der Waals surface area contributed by atoms with Crippen LogP contribution in [0.25, 0.3) is 11.4 Å². The van der Waals surface area contributed by atoms with Crippen molar-refractivity contribution in [1.82, 2.24) is 14.9 Å². The molecule has 1 aromatic heterocycles. The third-order valence-corrected chi connectivity index (χ3v) is 4.65. The first-order valence-electron chi connectivity index (χ1n) is 8.96. The minimum absolute atomic E-state index is 0.382. The van der Waals surface area contributed by atoms with Gasteiger partial charge in [-0.2, -0.15) is 0 Å². The third-order valence-electron chi connectivity index (χ3n) is 4.24. The second kappa shape index (κ2) is 9.19. The molecule has 144 valence electrons. The van der Waals surface area contributed by atoms with Crippen LogP contribution in [0.15, 0.2) is 60.9 Å². The zero-order valence-corrected chi connectivity index (χ0v) is 16.2. The van der Waals surface area contributed by atoms with Crippen LogP contribution < -0.4 is 10.6 Å². The maximum absolute atomic E-state index is 12.0. The van der Waals surface area contributed by atoms with Crippen LogP contribution in [0.5, 0.6) is 0 Å². The van der Waals surface area contributed by atoms with E-state index < -0.39 is 11.8 Å². The quantitative estimate of drug-likeness (QED) is 0.493. The van der Waals surface area contributed by atoms with Crippen molar-refractivity contribution in [3.8, 4) is 11.4 Å². The maximum atomic E-state index is 12.0. The van der Waals surface area contributed by atoms with Crippen molar-refractivity contribution in [1.29, 1.82) is 0 Å². The molecule has 0 unspecified atom stereocenters. The number of aromatic nitrogens is 2. The average Bonchev–Trinajstić information content (AvgIpc) is 3.17. The van der Waals surface area contributed by atoms with Gasteiger partial charge in [0.1, 0.15) is 5.82 Å². The highest BCUT2D eigenvalue weighted by Crippen LogP contribution is 2.20. The number of benzene rings is 2. The Morgan fingerprint density at radius 1 is 1.11 bits per heavy atom. The zero-order chi connectivity index (χ0) is 19.9. The van der Waals surface area contributed by atoms with Gasteiger partial charge in [-0.3, -0.25) is 9.59 Å². The number of aryl methyl sites for hydroxylation is 2. The molecule has 2 N–H and O–H groups in total. The fraction of sp³-hybridized carbons (Fsp3) is 0.190. The molecule has 0 spiro atoms. The first-order chi connectivity index (χ1) is 13.5. The minimum Gasteiger partial charge on any atom is -0.348 e. The summed E-state index contributed by atoms with van der Waals surface area (Å²) in [6.45, 7) is 2.93. The number of imidazole rings is 1. The molecule has 3 rings (SSSR count). The Balaban J connectivity index is 1.46. The van der Waals surface area contributed by atoms with Crippen LogP contribution in [0, 0.1) is 6.92 Å². The fourth-order valence-corrected chi connectivity index (χ4v) is 2.91. The molecule has 0 aliphatic heterocycles. The number of hydrogen-bond donors (Lipinski definition) is 2. The summed E-state index contributed by atoms with van der Waals surface area (Å²) in [6, 6.07) is 15.0. The Morgan fingerprint density at radius 3 is 2.64 bits per heavy atom.